The normalized spacial score (nSPS) is 10.9. The van der Waals surface area contributed by atoms with Crippen molar-refractivity contribution in [3.63, 3.8) is 0 Å². The van der Waals surface area contributed by atoms with Crippen LogP contribution in [0.1, 0.15) is 12.0 Å². The predicted molar refractivity (Wildman–Crippen MR) is 61.9 cm³/mol. The van der Waals surface area contributed by atoms with Crippen molar-refractivity contribution in [2.75, 3.05) is 13.0 Å². The molecule has 0 fully saturated rings. The molecule has 78 valence electrons. The molecule has 0 aliphatic carbocycles. The van der Waals surface area contributed by atoms with Crippen LogP contribution in [0, 0.1) is 11.3 Å². The zero-order chi connectivity index (χ0) is 11.1. The van der Waals surface area contributed by atoms with Gasteiger partial charge in [0.25, 0.3) is 0 Å². The summed E-state index contributed by atoms with van der Waals surface area (Å²) in [5.41, 5.74) is 1.54. The number of benzene rings is 1. The van der Waals surface area contributed by atoms with Gasteiger partial charge in [0.2, 0.25) is 0 Å². The summed E-state index contributed by atoms with van der Waals surface area (Å²) in [5.74, 6) is 1.31. The predicted octanol–water partition coefficient (Wildman–Crippen LogP) is 3.23. The van der Waals surface area contributed by atoms with Crippen LogP contribution in [-0.2, 0) is 0 Å². The average molecular weight is 222 g/mol. The summed E-state index contributed by atoms with van der Waals surface area (Å²) in [7, 11) is 1.61. The average Bonchev–Trinajstić information content (AvgIpc) is 2.31. The summed E-state index contributed by atoms with van der Waals surface area (Å²) < 4.78 is 5.04. The van der Waals surface area contributed by atoms with E-state index in [1.807, 2.05) is 30.3 Å². The number of allylic oxidation sites excluding steroid dienone is 2. The minimum absolute atomic E-state index is 0.529. The van der Waals surface area contributed by atoms with Crippen molar-refractivity contribution in [3.8, 4) is 11.8 Å². The maximum atomic E-state index is 8.94. The van der Waals surface area contributed by atoms with Crippen LogP contribution < -0.4 is 4.74 Å². The number of alkyl halides is 1. The third-order valence-corrected chi connectivity index (χ3v) is 2.20. The fourth-order valence-corrected chi connectivity index (χ4v) is 1.31. The van der Waals surface area contributed by atoms with Crippen molar-refractivity contribution in [3.05, 3.63) is 35.9 Å². The number of ether oxygens (including phenoxy) is 1. The third kappa shape index (κ3) is 3.30. The van der Waals surface area contributed by atoms with Gasteiger partial charge in [-0.2, -0.15) is 5.26 Å². The molecule has 0 aliphatic rings. The number of methoxy groups -OCH3 is 1. The molecule has 0 N–H and O–H groups in total. The SMILES string of the molecule is COc1ccc(C(C#N)=CCCCl)cc1. The Morgan fingerprint density at radius 3 is 2.60 bits per heavy atom. The van der Waals surface area contributed by atoms with E-state index in [9.17, 15) is 0 Å². The maximum absolute atomic E-state index is 8.94. The molecule has 15 heavy (non-hydrogen) atoms. The second-order valence-electron chi connectivity index (χ2n) is 2.94. The van der Waals surface area contributed by atoms with Crippen LogP contribution in [0.3, 0.4) is 0 Å². The van der Waals surface area contributed by atoms with Crippen LogP contribution in [0.4, 0.5) is 0 Å². The Labute approximate surface area is 94.7 Å². The number of nitriles is 1. The van der Waals surface area contributed by atoms with E-state index in [2.05, 4.69) is 6.07 Å². The van der Waals surface area contributed by atoms with Gasteiger partial charge in [-0.15, -0.1) is 11.6 Å². The molecule has 1 rings (SSSR count). The molecule has 0 spiro atoms. The summed E-state index contributed by atoms with van der Waals surface area (Å²) >= 11 is 5.56. The number of halogens is 1. The highest BCUT2D eigenvalue weighted by Gasteiger charge is 1.99. The van der Waals surface area contributed by atoms with Crippen LogP contribution in [-0.4, -0.2) is 13.0 Å². The van der Waals surface area contributed by atoms with Crippen molar-refractivity contribution >= 4 is 17.2 Å². The van der Waals surface area contributed by atoms with Gasteiger partial charge in [0, 0.05) is 5.88 Å². The fourth-order valence-electron chi connectivity index (χ4n) is 1.20. The second-order valence-corrected chi connectivity index (χ2v) is 3.31. The van der Waals surface area contributed by atoms with Crippen molar-refractivity contribution in [1.82, 2.24) is 0 Å². The van der Waals surface area contributed by atoms with E-state index < -0.39 is 0 Å². The van der Waals surface area contributed by atoms with Gasteiger partial charge in [0.1, 0.15) is 5.75 Å². The zero-order valence-corrected chi connectivity index (χ0v) is 9.29. The largest absolute Gasteiger partial charge is 0.497 e. The summed E-state index contributed by atoms with van der Waals surface area (Å²) in [6.45, 7) is 0. The standard InChI is InChI=1S/C12H12ClNO/c1-15-12-6-4-10(5-7-12)11(9-14)3-2-8-13/h3-7H,2,8H2,1H3. The highest BCUT2D eigenvalue weighted by atomic mass is 35.5. The minimum atomic E-state index is 0.529. The maximum Gasteiger partial charge on any atom is 0.118 e. The number of hydrogen-bond acceptors (Lipinski definition) is 2. The van der Waals surface area contributed by atoms with Gasteiger partial charge in [0.05, 0.1) is 18.8 Å². The van der Waals surface area contributed by atoms with Gasteiger partial charge in [-0.1, -0.05) is 6.08 Å². The molecule has 0 atom stereocenters. The first kappa shape index (κ1) is 11.6. The molecule has 0 saturated carbocycles. The quantitative estimate of drug-likeness (QED) is 0.578. The Balaban J connectivity index is 2.89. The van der Waals surface area contributed by atoms with Crippen LogP contribution >= 0.6 is 11.6 Å². The lowest BCUT2D eigenvalue weighted by molar-refractivity contribution is 0.415. The van der Waals surface area contributed by atoms with E-state index >= 15 is 0 Å². The van der Waals surface area contributed by atoms with E-state index in [1.165, 1.54) is 0 Å². The summed E-state index contributed by atoms with van der Waals surface area (Å²) in [6, 6.07) is 9.55. The Morgan fingerprint density at radius 1 is 1.47 bits per heavy atom. The molecule has 0 heterocycles. The van der Waals surface area contributed by atoms with Gasteiger partial charge >= 0.3 is 0 Å². The van der Waals surface area contributed by atoms with Crippen LogP contribution in [0.15, 0.2) is 30.3 Å². The molecule has 1 aromatic carbocycles. The molecule has 0 amide bonds. The van der Waals surface area contributed by atoms with Crippen molar-refractivity contribution < 1.29 is 4.74 Å². The van der Waals surface area contributed by atoms with Crippen LogP contribution in [0.25, 0.3) is 5.57 Å². The smallest absolute Gasteiger partial charge is 0.118 e. The Morgan fingerprint density at radius 2 is 2.13 bits per heavy atom. The van der Waals surface area contributed by atoms with E-state index in [0.717, 1.165) is 11.3 Å². The Bertz CT molecular complexity index is 376. The molecule has 0 radical (unpaired) electrons. The number of nitrogens with zero attached hydrogens (tertiary/aromatic N) is 1. The summed E-state index contributed by atoms with van der Waals surface area (Å²) in [6.07, 6.45) is 2.55. The first-order valence-corrected chi connectivity index (χ1v) is 5.16. The second kappa shape index (κ2) is 6.10. The molecule has 0 unspecified atom stereocenters. The minimum Gasteiger partial charge on any atom is -0.497 e. The molecular formula is C12H12ClNO. The van der Waals surface area contributed by atoms with Crippen LogP contribution in [0.5, 0.6) is 5.75 Å². The first-order valence-electron chi connectivity index (χ1n) is 4.62. The molecular weight excluding hydrogens is 210 g/mol. The van der Waals surface area contributed by atoms with Gasteiger partial charge in [-0.25, -0.2) is 0 Å². The molecule has 0 aliphatic heterocycles. The highest BCUT2D eigenvalue weighted by molar-refractivity contribution is 6.18. The molecule has 1 aromatic rings. The molecule has 3 heteroatoms. The Kier molecular flexibility index (Phi) is 4.73. The summed E-state index contributed by atoms with van der Waals surface area (Å²) in [4.78, 5) is 0. The van der Waals surface area contributed by atoms with Crippen molar-refractivity contribution in [2.24, 2.45) is 0 Å². The van der Waals surface area contributed by atoms with Gasteiger partial charge in [0.15, 0.2) is 0 Å². The van der Waals surface area contributed by atoms with Crippen molar-refractivity contribution in [2.45, 2.75) is 6.42 Å². The summed E-state index contributed by atoms with van der Waals surface area (Å²) in [5, 5.41) is 8.94. The van der Waals surface area contributed by atoms with E-state index in [-0.39, 0.29) is 0 Å². The van der Waals surface area contributed by atoms with Gasteiger partial charge in [-0.05, 0) is 36.2 Å². The zero-order valence-electron chi connectivity index (χ0n) is 8.53. The lowest BCUT2D eigenvalue weighted by Gasteiger charge is -2.01. The number of rotatable bonds is 4. The molecule has 2 nitrogen and oxygen atoms in total. The van der Waals surface area contributed by atoms with Crippen molar-refractivity contribution in [1.29, 1.82) is 5.26 Å². The molecule has 0 aromatic heterocycles. The van der Waals surface area contributed by atoms with E-state index in [4.69, 9.17) is 21.6 Å². The molecule has 0 bridgehead atoms. The lowest BCUT2D eigenvalue weighted by Crippen LogP contribution is -1.85. The highest BCUT2D eigenvalue weighted by Crippen LogP contribution is 2.18. The topological polar surface area (TPSA) is 33.0 Å². The number of hydrogen-bond donors (Lipinski definition) is 0. The Hall–Kier alpha value is -1.46. The molecule has 0 saturated heterocycles. The monoisotopic (exact) mass is 221 g/mol. The fraction of sp³-hybridized carbons (Fsp3) is 0.250. The lowest BCUT2D eigenvalue weighted by atomic mass is 10.1. The van der Waals surface area contributed by atoms with E-state index in [0.29, 0.717) is 17.9 Å². The third-order valence-electron chi connectivity index (χ3n) is 1.98. The van der Waals surface area contributed by atoms with Crippen LogP contribution in [0.2, 0.25) is 0 Å². The van der Waals surface area contributed by atoms with Gasteiger partial charge in [-0.3, -0.25) is 0 Å². The van der Waals surface area contributed by atoms with E-state index in [1.54, 1.807) is 7.11 Å². The first-order chi connectivity index (χ1) is 7.31. The van der Waals surface area contributed by atoms with Gasteiger partial charge < -0.3 is 4.74 Å².